The Morgan fingerprint density at radius 3 is 2.80 bits per heavy atom. The van der Waals surface area contributed by atoms with Gasteiger partial charge in [-0.2, -0.15) is 0 Å². The molecule has 0 amide bonds. The molecule has 2 aliphatic rings. The molecule has 3 unspecified atom stereocenters. The summed E-state index contributed by atoms with van der Waals surface area (Å²) in [7, 11) is 1.57. The summed E-state index contributed by atoms with van der Waals surface area (Å²) in [5.74, 6) is 2.20. The lowest BCUT2D eigenvalue weighted by Gasteiger charge is -2.18. The van der Waals surface area contributed by atoms with Crippen molar-refractivity contribution in [3.63, 3.8) is 0 Å². The van der Waals surface area contributed by atoms with Crippen LogP contribution in [0.5, 0.6) is 11.5 Å². The molecule has 1 aliphatic carbocycles. The summed E-state index contributed by atoms with van der Waals surface area (Å²) in [5.41, 5.74) is 7.29. The molecule has 0 aromatic heterocycles. The summed E-state index contributed by atoms with van der Waals surface area (Å²) < 4.78 is 5.06. The molecule has 112 valence electrons. The highest BCUT2D eigenvalue weighted by atomic mass is 35.5. The second-order valence-corrected chi connectivity index (χ2v) is 5.87. The van der Waals surface area contributed by atoms with Crippen LogP contribution in [0.4, 0.5) is 0 Å². The molecule has 1 aliphatic heterocycles. The number of nitrogens with zero attached hydrogens (tertiary/aromatic N) is 1. The van der Waals surface area contributed by atoms with Gasteiger partial charge in [0.1, 0.15) is 0 Å². The molecule has 3 atom stereocenters. The Morgan fingerprint density at radius 1 is 1.35 bits per heavy atom. The van der Waals surface area contributed by atoms with E-state index in [2.05, 4.69) is 4.90 Å². The number of hydrogen-bond acceptors (Lipinski definition) is 4. The van der Waals surface area contributed by atoms with Crippen molar-refractivity contribution in [2.45, 2.75) is 25.4 Å². The molecule has 20 heavy (non-hydrogen) atoms. The van der Waals surface area contributed by atoms with Crippen LogP contribution in [0.25, 0.3) is 0 Å². The minimum Gasteiger partial charge on any atom is -0.504 e. The van der Waals surface area contributed by atoms with Crippen molar-refractivity contribution in [2.75, 3.05) is 20.2 Å². The SMILES string of the molecule is COc1ccc(CN2CC3CCC(N)C3C2)cc1O.Cl. The van der Waals surface area contributed by atoms with Crippen molar-refractivity contribution in [1.82, 2.24) is 4.90 Å². The zero-order chi connectivity index (χ0) is 13.4. The van der Waals surface area contributed by atoms with Crippen LogP contribution in [0.15, 0.2) is 18.2 Å². The number of likely N-dealkylation sites (tertiary alicyclic amines) is 1. The first kappa shape index (κ1) is 15.4. The molecule has 1 saturated carbocycles. The number of methoxy groups -OCH3 is 1. The fourth-order valence-corrected chi connectivity index (χ4v) is 3.62. The van der Waals surface area contributed by atoms with Gasteiger partial charge in [-0.15, -0.1) is 12.4 Å². The minimum absolute atomic E-state index is 0. The standard InChI is InChI=1S/C15H22N2O2.ClH/c1-19-15-5-2-10(6-14(15)18)7-17-8-11-3-4-13(16)12(11)9-17;/h2,5-6,11-13,18H,3-4,7-9,16H2,1H3;1H. The van der Waals surface area contributed by atoms with Crippen molar-refractivity contribution in [2.24, 2.45) is 17.6 Å². The van der Waals surface area contributed by atoms with E-state index in [-0.39, 0.29) is 18.2 Å². The smallest absolute Gasteiger partial charge is 0.160 e. The van der Waals surface area contributed by atoms with Gasteiger partial charge in [-0.1, -0.05) is 6.07 Å². The Labute approximate surface area is 126 Å². The van der Waals surface area contributed by atoms with Crippen LogP contribution in [0.2, 0.25) is 0 Å². The lowest BCUT2D eigenvalue weighted by atomic mass is 9.98. The van der Waals surface area contributed by atoms with E-state index in [4.69, 9.17) is 10.5 Å². The molecule has 3 N–H and O–H groups in total. The highest BCUT2D eigenvalue weighted by Gasteiger charge is 2.40. The van der Waals surface area contributed by atoms with Gasteiger partial charge < -0.3 is 15.6 Å². The van der Waals surface area contributed by atoms with E-state index in [1.54, 1.807) is 13.2 Å². The Kier molecular flexibility index (Phi) is 4.78. The molecule has 5 heteroatoms. The number of fused-ring (bicyclic) bond motifs is 1. The van der Waals surface area contributed by atoms with E-state index in [0.717, 1.165) is 31.1 Å². The van der Waals surface area contributed by atoms with Crippen molar-refractivity contribution in [3.05, 3.63) is 23.8 Å². The fraction of sp³-hybridized carbons (Fsp3) is 0.600. The van der Waals surface area contributed by atoms with Crippen LogP contribution in [-0.4, -0.2) is 36.2 Å². The number of benzene rings is 1. The second kappa shape index (κ2) is 6.20. The van der Waals surface area contributed by atoms with E-state index in [9.17, 15) is 5.11 Å². The zero-order valence-corrected chi connectivity index (χ0v) is 12.6. The van der Waals surface area contributed by atoms with Crippen LogP contribution in [-0.2, 0) is 6.54 Å². The summed E-state index contributed by atoms with van der Waals surface area (Å²) in [6, 6.07) is 6.03. The van der Waals surface area contributed by atoms with E-state index in [1.165, 1.54) is 12.8 Å². The number of rotatable bonds is 3. The van der Waals surface area contributed by atoms with Gasteiger partial charge in [-0.25, -0.2) is 0 Å². The average molecular weight is 299 g/mol. The molecule has 1 aromatic carbocycles. The Balaban J connectivity index is 0.00000147. The number of ether oxygens (including phenoxy) is 1. The topological polar surface area (TPSA) is 58.7 Å². The highest BCUT2D eigenvalue weighted by Crippen LogP contribution is 2.38. The van der Waals surface area contributed by atoms with Crippen LogP contribution < -0.4 is 10.5 Å². The maximum Gasteiger partial charge on any atom is 0.160 e. The molecule has 1 aromatic rings. The van der Waals surface area contributed by atoms with Crippen molar-refractivity contribution < 1.29 is 9.84 Å². The predicted octanol–water partition coefficient (Wildman–Crippen LogP) is 1.99. The molecule has 0 bridgehead atoms. The van der Waals surface area contributed by atoms with Gasteiger partial charge in [-0.3, -0.25) is 4.90 Å². The number of aromatic hydroxyl groups is 1. The van der Waals surface area contributed by atoms with Crippen LogP contribution in [0, 0.1) is 11.8 Å². The van der Waals surface area contributed by atoms with Crippen LogP contribution in [0.1, 0.15) is 18.4 Å². The van der Waals surface area contributed by atoms with Crippen LogP contribution >= 0.6 is 12.4 Å². The summed E-state index contributed by atoms with van der Waals surface area (Å²) in [6.07, 6.45) is 2.46. The van der Waals surface area contributed by atoms with E-state index in [1.807, 2.05) is 12.1 Å². The second-order valence-electron chi connectivity index (χ2n) is 5.87. The Bertz CT molecular complexity index is 469. The van der Waals surface area contributed by atoms with Crippen molar-refractivity contribution >= 4 is 12.4 Å². The van der Waals surface area contributed by atoms with Crippen molar-refractivity contribution in [3.8, 4) is 11.5 Å². The summed E-state index contributed by atoms with van der Waals surface area (Å²) in [4.78, 5) is 2.45. The molecular formula is C15H23ClN2O2. The Hall–Kier alpha value is -0.970. The van der Waals surface area contributed by atoms with E-state index >= 15 is 0 Å². The molecular weight excluding hydrogens is 276 g/mol. The fourth-order valence-electron chi connectivity index (χ4n) is 3.62. The average Bonchev–Trinajstić information content (AvgIpc) is 2.92. The van der Waals surface area contributed by atoms with Gasteiger partial charge >= 0.3 is 0 Å². The first-order valence-corrected chi connectivity index (χ1v) is 7.01. The molecule has 0 spiro atoms. The van der Waals surface area contributed by atoms with Gasteiger partial charge in [-0.05, 0) is 42.4 Å². The quantitative estimate of drug-likeness (QED) is 0.896. The van der Waals surface area contributed by atoms with Gasteiger partial charge in [0, 0.05) is 25.7 Å². The molecule has 1 saturated heterocycles. The highest BCUT2D eigenvalue weighted by molar-refractivity contribution is 5.85. The zero-order valence-electron chi connectivity index (χ0n) is 11.8. The third-order valence-electron chi connectivity index (χ3n) is 4.64. The first-order chi connectivity index (χ1) is 9.17. The third kappa shape index (κ3) is 2.87. The lowest BCUT2D eigenvalue weighted by Crippen LogP contribution is -2.30. The maximum atomic E-state index is 9.81. The van der Waals surface area contributed by atoms with Gasteiger partial charge in [0.25, 0.3) is 0 Å². The molecule has 1 heterocycles. The molecule has 3 rings (SSSR count). The third-order valence-corrected chi connectivity index (χ3v) is 4.64. The molecule has 4 nitrogen and oxygen atoms in total. The number of phenolic OH excluding ortho intramolecular Hbond substituents is 1. The minimum atomic E-state index is 0. The molecule has 0 radical (unpaired) electrons. The lowest BCUT2D eigenvalue weighted by molar-refractivity contribution is 0.297. The van der Waals surface area contributed by atoms with Crippen molar-refractivity contribution in [1.29, 1.82) is 0 Å². The maximum absolute atomic E-state index is 9.81. The number of hydrogen-bond donors (Lipinski definition) is 2. The first-order valence-electron chi connectivity index (χ1n) is 7.01. The van der Waals surface area contributed by atoms with Gasteiger partial charge in [0.2, 0.25) is 0 Å². The van der Waals surface area contributed by atoms with Gasteiger partial charge in [0.05, 0.1) is 7.11 Å². The summed E-state index contributed by atoms with van der Waals surface area (Å²) in [5, 5.41) is 9.81. The molecule has 2 fully saturated rings. The largest absolute Gasteiger partial charge is 0.504 e. The predicted molar refractivity (Wildman–Crippen MR) is 81.4 cm³/mol. The summed E-state index contributed by atoms with van der Waals surface area (Å²) >= 11 is 0. The number of phenols is 1. The monoisotopic (exact) mass is 298 g/mol. The van der Waals surface area contributed by atoms with Crippen LogP contribution in [0.3, 0.4) is 0 Å². The number of halogens is 1. The Morgan fingerprint density at radius 2 is 2.15 bits per heavy atom. The summed E-state index contributed by atoms with van der Waals surface area (Å²) in [6.45, 7) is 3.13. The normalized spacial score (nSPS) is 29.0. The van der Waals surface area contributed by atoms with E-state index in [0.29, 0.717) is 17.7 Å². The van der Waals surface area contributed by atoms with Gasteiger partial charge in [0.15, 0.2) is 11.5 Å². The van der Waals surface area contributed by atoms with E-state index < -0.39 is 0 Å². The number of nitrogens with two attached hydrogens (primary N) is 1.